The molecule has 1 aromatic rings. The molecular formula is C9H17N3. The van der Waals surface area contributed by atoms with E-state index in [-0.39, 0.29) is 6.04 Å². The number of H-pyrrole nitrogens is 1. The van der Waals surface area contributed by atoms with Crippen LogP contribution in [0.2, 0.25) is 0 Å². The zero-order chi connectivity index (χ0) is 9.14. The first-order valence-corrected chi connectivity index (χ1v) is 4.45. The first-order chi connectivity index (χ1) is 5.65. The second-order valence-electron chi connectivity index (χ2n) is 3.44. The lowest BCUT2D eigenvalue weighted by Crippen LogP contribution is -2.16. The summed E-state index contributed by atoms with van der Waals surface area (Å²) < 4.78 is 0. The van der Waals surface area contributed by atoms with Gasteiger partial charge in [0.05, 0.1) is 11.7 Å². The minimum atomic E-state index is 0.0570. The summed E-state index contributed by atoms with van der Waals surface area (Å²) in [6.45, 7) is 6.30. The summed E-state index contributed by atoms with van der Waals surface area (Å²) in [5, 5.41) is 7.12. The molecule has 68 valence electrons. The van der Waals surface area contributed by atoms with Crippen molar-refractivity contribution in [2.45, 2.75) is 33.2 Å². The molecule has 1 rings (SSSR count). The lowest BCUT2D eigenvalue weighted by atomic mass is 10.0. The Morgan fingerprint density at radius 2 is 2.25 bits per heavy atom. The van der Waals surface area contributed by atoms with E-state index in [0.29, 0.717) is 5.92 Å². The highest BCUT2D eigenvalue weighted by Gasteiger charge is 2.12. The third-order valence-electron chi connectivity index (χ3n) is 2.09. The molecule has 3 nitrogen and oxygen atoms in total. The molecule has 1 heterocycles. The first-order valence-electron chi connectivity index (χ1n) is 4.45. The zero-order valence-electron chi connectivity index (χ0n) is 7.96. The van der Waals surface area contributed by atoms with Gasteiger partial charge in [-0.1, -0.05) is 20.8 Å². The SMILES string of the molecule is CCc1cc(C(N)C(C)C)n[nH]1. The van der Waals surface area contributed by atoms with E-state index >= 15 is 0 Å². The molecule has 0 spiro atoms. The Hall–Kier alpha value is -0.830. The number of hydrogen-bond acceptors (Lipinski definition) is 2. The summed E-state index contributed by atoms with van der Waals surface area (Å²) in [6, 6.07) is 2.10. The Morgan fingerprint density at radius 1 is 1.58 bits per heavy atom. The fourth-order valence-corrected chi connectivity index (χ4v) is 1.07. The maximum Gasteiger partial charge on any atom is 0.0794 e. The van der Waals surface area contributed by atoms with Gasteiger partial charge in [0.15, 0.2) is 0 Å². The van der Waals surface area contributed by atoms with Crippen LogP contribution in [-0.2, 0) is 6.42 Å². The van der Waals surface area contributed by atoms with E-state index in [1.54, 1.807) is 0 Å². The van der Waals surface area contributed by atoms with Crippen LogP contribution in [0.25, 0.3) is 0 Å². The Balaban J connectivity index is 2.74. The Kier molecular flexibility index (Phi) is 2.87. The minimum Gasteiger partial charge on any atom is -0.322 e. The average molecular weight is 167 g/mol. The maximum absolute atomic E-state index is 5.92. The molecule has 0 radical (unpaired) electrons. The molecule has 0 aliphatic carbocycles. The standard InChI is InChI=1S/C9H17N3/c1-4-7-5-8(12-11-7)9(10)6(2)3/h5-6,9H,4,10H2,1-3H3,(H,11,12). The van der Waals surface area contributed by atoms with Crippen molar-refractivity contribution in [2.75, 3.05) is 0 Å². The predicted octanol–water partition coefficient (Wildman–Crippen LogP) is 1.63. The predicted molar refractivity (Wildman–Crippen MR) is 49.7 cm³/mol. The van der Waals surface area contributed by atoms with Crippen molar-refractivity contribution in [2.24, 2.45) is 11.7 Å². The van der Waals surface area contributed by atoms with Crippen molar-refractivity contribution < 1.29 is 0 Å². The van der Waals surface area contributed by atoms with E-state index in [2.05, 4.69) is 31.0 Å². The van der Waals surface area contributed by atoms with Gasteiger partial charge in [-0.25, -0.2) is 0 Å². The van der Waals surface area contributed by atoms with Crippen LogP contribution in [0.1, 0.15) is 38.2 Å². The number of hydrogen-bond donors (Lipinski definition) is 2. The Labute approximate surface area is 73.4 Å². The van der Waals surface area contributed by atoms with E-state index in [1.165, 1.54) is 0 Å². The van der Waals surface area contributed by atoms with Crippen molar-refractivity contribution in [3.8, 4) is 0 Å². The fraction of sp³-hybridized carbons (Fsp3) is 0.667. The molecule has 12 heavy (non-hydrogen) atoms. The van der Waals surface area contributed by atoms with Crippen molar-refractivity contribution in [1.82, 2.24) is 10.2 Å². The Morgan fingerprint density at radius 3 is 2.67 bits per heavy atom. The number of aryl methyl sites for hydroxylation is 1. The first kappa shape index (κ1) is 9.26. The third kappa shape index (κ3) is 1.85. The molecule has 3 N–H and O–H groups in total. The minimum absolute atomic E-state index is 0.0570. The van der Waals surface area contributed by atoms with Crippen LogP contribution in [0.15, 0.2) is 6.07 Å². The number of aromatic amines is 1. The van der Waals surface area contributed by atoms with Crippen LogP contribution in [0.3, 0.4) is 0 Å². The topological polar surface area (TPSA) is 54.7 Å². The second-order valence-corrected chi connectivity index (χ2v) is 3.44. The molecule has 0 fully saturated rings. The van der Waals surface area contributed by atoms with E-state index in [1.807, 2.05) is 6.07 Å². The fourth-order valence-electron chi connectivity index (χ4n) is 1.07. The number of rotatable bonds is 3. The molecule has 1 atom stereocenters. The van der Waals surface area contributed by atoms with E-state index in [0.717, 1.165) is 17.8 Å². The van der Waals surface area contributed by atoms with Crippen LogP contribution in [0, 0.1) is 5.92 Å². The number of nitrogens with zero attached hydrogens (tertiary/aromatic N) is 1. The van der Waals surface area contributed by atoms with E-state index < -0.39 is 0 Å². The second kappa shape index (κ2) is 3.72. The number of nitrogens with one attached hydrogen (secondary N) is 1. The van der Waals surface area contributed by atoms with Crippen LogP contribution < -0.4 is 5.73 Å². The van der Waals surface area contributed by atoms with Crippen molar-refractivity contribution >= 4 is 0 Å². The molecule has 0 saturated carbocycles. The summed E-state index contributed by atoms with van der Waals surface area (Å²) >= 11 is 0. The van der Waals surface area contributed by atoms with Crippen molar-refractivity contribution in [3.05, 3.63) is 17.5 Å². The van der Waals surface area contributed by atoms with Gasteiger partial charge in [-0.3, -0.25) is 5.10 Å². The lowest BCUT2D eigenvalue weighted by Gasteiger charge is -2.11. The van der Waals surface area contributed by atoms with Gasteiger partial charge in [-0.2, -0.15) is 5.10 Å². The van der Waals surface area contributed by atoms with E-state index in [9.17, 15) is 0 Å². The summed E-state index contributed by atoms with van der Waals surface area (Å²) in [7, 11) is 0. The zero-order valence-corrected chi connectivity index (χ0v) is 7.96. The van der Waals surface area contributed by atoms with Gasteiger partial charge in [0.25, 0.3) is 0 Å². The van der Waals surface area contributed by atoms with E-state index in [4.69, 9.17) is 5.73 Å². The van der Waals surface area contributed by atoms with Gasteiger partial charge in [0.1, 0.15) is 0 Å². The summed E-state index contributed by atoms with van der Waals surface area (Å²) in [6.07, 6.45) is 0.984. The summed E-state index contributed by atoms with van der Waals surface area (Å²) in [4.78, 5) is 0. The number of nitrogens with two attached hydrogens (primary N) is 1. The molecule has 0 saturated heterocycles. The summed E-state index contributed by atoms with van der Waals surface area (Å²) in [5.74, 6) is 0.443. The molecule has 0 bridgehead atoms. The highest BCUT2D eigenvalue weighted by atomic mass is 15.1. The van der Waals surface area contributed by atoms with Crippen LogP contribution in [0.4, 0.5) is 0 Å². The van der Waals surface area contributed by atoms with Crippen LogP contribution in [0.5, 0.6) is 0 Å². The van der Waals surface area contributed by atoms with Gasteiger partial charge in [-0.15, -0.1) is 0 Å². The monoisotopic (exact) mass is 167 g/mol. The molecular weight excluding hydrogens is 150 g/mol. The summed E-state index contributed by atoms with van der Waals surface area (Å²) in [5.41, 5.74) is 8.05. The van der Waals surface area contributed by atoms with Crippen LogP contribution >= 0.6 is 0 Å². The Bertz CT molecular complexity index is 240. The van der Waals surface area contributed by atoms with Gasteiger partial charge < -0.3 is 5.73 Å². The van der Waals surface area contributed by atoms with Crippen LogP contribution in [-0.4, -0.2) is 10.2 Å². The highest BCUT2D eigenvalue weighted by molar-refractivity contribution is 5.12. The van der Waals surface area contributed by atoms with Gasteiger partial charge in [0, 0.05) is 5.69 Å². The lowest BCUT2D eigenvalue weighted by molar-refractivity contribution is 0.502. The average Bonchev–Trinajstić information content (AvgIpc) is 2.50. The number of aromatic nitrogens is 2. The molecule has 1 unspecified atom stereocenters. The molecule has 3 heteroatoms. The molecule has 0 aromatic carbocycles. The third-order valence-corrected chi connectivity index (χ3v) is 2.09. The van der Waals surface area contributed by atoms with Gasteiger partial charge in [0.2, 0.25) is 0 Å². The molecule has 0 aliphatic heterocycles. The molecule has 0 aliphatic rings. The van der Waals surface area contributed by atoms with Gasteiger partial charge >= 0.3 is 0 Å². The maximum atomic E-state index is 5.92. The molecule has 0 amide bonds. The van der Waals surface area contributed by atoms with Gasteiger partial charge in [-0.05, 0) is 18.4 Å². The normalized spacial score (nSPS) is 13.8. The van der Waals surface area contributed by atoms with Crippen molar-refractivity contribution in [1.29, 1.82) is 0 Å². The quantitative estimate of drug-likeness (QED) is 0.718. The van der Waals surface area contributed by atoms with Crippen molar-refractivity contribution in [3.63, 3.8) is 0 Å². The largest absolute Gasteiger partial charge is 0.322 e. The molecule has 1 aromatic heterocycles. The highest BCUT2D eigenvalue weighted by Crippen LogP contribution is 2.16. The smallest absolute Gasteiger partial charge is 0.0794 e.